The lowest BCUT2D eigenvalue weighted by Crippen LogP contribution is -2.40. The van der Waals surface area contributed by atoms with Gasteiger partial charge >= 0.3 is 12.5 Å². The molecule has 0 spiro atoms. The fourth-order valence-corrected chi connectivity index (χ4v) is 3.77. The number of hydroxylamine groups is 2. The minimum Gasteiger partial charge on any atom is -0.442 e. The molecule has 210 valence electrons. The number of hydrazine groups is 1. The summed E-state index contributed by atoms with van der Waals surface area (Å²) in [6.07, 6.45) is -3.81. The molecule has 7 N–H and O–H groups in total. The van der Waals surface area contributed by atoms with Crippen molar-refractivity contribution in [1.82, 2.24) is 21.1 Å². The van der Waals surface area contributed by atoms with Crippen LogP contribution in [0.5, 0.6) is 0 Å². The van der Waals surface area contributed by atoms with E-state index in [9.17, 15) is 23.2 Å². The first kappa shape index (κ1) is 28.7. The number of halogens is 4. The molecule has 2 heterocycles. The van der Waals surface area contributed by atoms with Crippen molar-refractivity contribution >= 4 is 29.3 Å². The third kappa shape index (κ3) is 7.36. The van der Waals surface area contributed by atoms with E-state index >= 15 is 8.78 Å². The Balaban J connectivity index is 1.60. The molecule has 2 aliphatic heterocycles. The molecule has 2 saturated heterocycles. The van der Waals surface area contributed by atoms with Crippen LogP contribution in [0.2, 0.25) is 0 Å². The Kier molecular flexibility index (Phi) is 9.91. The normalized spacial score (nSPS) is 18.5. The van der Waals surface area contributed by atoms with Crippen LogP contribution in [-0.2, 0) is 19.2 Å². The molecule has 38 heavy (non-hydrogen) atoms. The fourth-order valence-electron chi connectivity index (χ4n) is 3.77. The summed E-state index contributed by atoms with van der Waals surface area (Å²) in [7, 11) is 0. The number of nitrogens with zero attached hydrogens (tertiary/aromatic N) is 3. The summed E-state index contributed by atoms with van der Waals surface area (Å²) < 4.78 is 59.7. The quantitative estimate of drug-likeness (QED) is 0.141. The Morgan fingerprint density at radius 3 is 2.53 bits per heavy atom. The topological polar surface area (TPSA) is 168 Å². The van der Waals surface area contributed by atoms with Crippen molar-refractivity contribution in [1.29, 1.82) is 0 Å². The number of carbonyl (C=O) groups is 3. The first-order chi connectivity index (χ1) is 18.1. The van der Waals surface area contributed by atoms with Crippen LogP contribution in [0.25, 0.3) is 0 Å². The third-order valence-electron chi connectivity index (χ3n) is 5.54. The molecule has 1 atom stereocenters. The van der Waals surface area contributed by atoms with E-state index in [1.165, 1.54) is 11.1 Å². The number of hydrogen-bond acceptors (Lipinski definition) is 10. The van der Waals surface area contributed by atoms with Crippen molar-refractivity contribution in [2.75, 3.05) is 62.2 Å². The average Bonchev–Trinajstić information content (AvgIpc) is 3.06. The minimum atomic E-state index is -3.23. The SMILES string of the molecule is NN/C=C(\N)CNCC(=O)N1CCN(c2c(F)cc(N3C[C@H](CNC(=O)C(F)F)OC3=O)cc2F)CCO1. The molecule has 0 saturated carbocycles. The van der Waals surface area contributed by atoms with Crippen molar-refractivity contribution in [2.45, 2.75) is 12.5 Å². The standard InChI is InChI=1S/C21H28F4N8O5/c22-15-5-13(32-11-14(38-21(32)36)9-29-20(35)19(24)25)6-16(23)18(15)31-1-2-33(37-4-3-31)17(34)10-28-7-12(26)8-30-27/h5-6,8,14,19,28,30H,1-4,7,9-11,26-27H2,(H,29,35)/b12-8-/t14-/m0/s1. The van der Waals surface area contributed by atoms with Gasteiger partial charge in [-0.25, -0.2) is 18.6 Å². The molecule has 3 amide bonds. The van der Waals surface area contributed by atoms with E-state index in [-0.39, 0.29) is 63.8 Å². The van der Waals surface area contributed by atoms with Crippen LogP contribution < -0.4 is 37.4 Å². The van der Waals surface area contributed by atoms with Gasteiger partial charge in [-0.2, -0.15) is 8.78 Å². The number of nitrogens with two attached hydrogens (primary N) is 2. The third-order valence-corrected chi connectivity index (χ3v) is 5.54. The molecule has 0 aromatic heterocycles. The van der Waals surface area contributed by atoms with Crippen molar-refractivity contribution in [3.63, 3.8) is 0 Å². The molecule has 13 nitrogen and oxygen atoms in total. The van der Waals surface area contributed by atoms with E-state index in [1.807, 2.05) is 5.32 Å². The summed E-state index contributed by atoms with van der Waals surface area (Å²) in [5.74, 6) is 1.23. The fraction of sp³-hybridized carbons (Fsp3) is 0.476. The van der Waals surface area contributed by atoms with Gasteiger partial charge in [-0.05, 0) is 0 Å². The van der Waals surface area contributed by atoms with E-state index in [1.54, 1.807) is 0 Å². The molecule has 2 aliphatic rings. The average molecular weight is 548 g/mol. The van der Waals surface area contributed by atoms with Gasteiger partial charge < -0.3 is 31.4 Å². The van der Waals surface area contributed by atoms with Crippen molar-refractivity contribution in [3.8, 4) is 0 Å². The smallest absolute Gasteiger partial charge is 0.414 e. The van der Waals surface area contributed by atoms with E-state index in [0.717, 1.165) is 22.1 Å². The Labute approximate surface area is 214 Å². The minimum absolute atomic E-state index is 0.0152. The number of rotatable bonds is 10. The predicted molar refractivity (Wildman–Crippen MR) is 125 cm³/mol. The first-order valence-electron chi connectivity index (χ1n) is 11.4. The van der Waals surface area contributed by atoms with Crippen molar-refractivity contribution < 1.29 is 41.5 Å². The van der Waals surface area contributed by atoms with Crippen LogP contribution in [0.15, 0.2) is 24.0 Å². The van der Waals surface area contributed by atoms with E-state index in [0.29, 0.717) is 5.70 Å². The molecule has 2 fully saturated rings. The molecule has 0 unspecified atom stereocenters. The molecule has 0 aliphatic carbocycles. The van der Waals surface area contributed by atoms with E-state index in [2.05, 4.69) is 10.7 Å². The zero-order valence-corrected chi connectivity index (χ0v) is 20.1. The van der Waals surface area contributed by atoms with Gasteiger partial charge in [0, 0.05) is 43.7 Å². The van der Waals surface area contributed by atoms with E-state index < -0.39 is 42.1 Å². The Morgan fingerprint density at radius 2 is 1.87 bits per heavy atom. The summed E-state index contributed by atoms with van der Waals surface area (Å²) in [4.78, 5) is 43.3. The number of hydrogen-bond donors (Lipinski definition) is 5. The lowest BCUT2D eigenvalue weighted by atomic mass is 10.2. The van der Waals surface area contributed by atoms with Gasteiger partial charge in [-0.1, -0.05) is 0 Å². The van der Waals surface area contributed by atoms with Gasteiger partial charge in [0.1, 0.15) is 11.8 Å². The molecular weight excluding hydrogens is 520 g/mol. The zero-order chi connectivity index (χ0) is 27.8. The van der Waals surface area contributed by atoms with Crippen LogP contribution in [-0.4, -0.2) is 87.9 Å². The van der Waals surface area contributed by atoms with E-state index in [4.69, 9.17) is 21.2 Å². The molecule has 1 aromatic carbocycles. The summed E-state index contributed by atoms with van der Waals surface area (Å²) in [5.41, 5.74) is 7.75. The maximum atomic E-state index is 15.0. The summed E-state index contributed by atoms with van der Waals surface area (Å²) in [5, 5.41) is 5.83. The summed E-state index contributed by atoms with van der Waals surface area (Å²) in [6.45, 7) is -0.411. The van der Waals surface area contributed by atoms with Crippen molar-refractivity contribution in [3.05, 3.63) is 35.7 Å². The highest BCUT2D eigenvalue weighted by atomic mass is 19.3. The predicted octanol–water partition coefficient (Wildman–Crippen LogP) is -0.895. The Bertz CT molecular complexity index is 1040. The number of amides is 3. The number of ether oxygens (including phenoxy) is 1. The second-order valence-electron chi connectivity index (χ2n) is 8.23. The maximum Gasteiger partial charge on any atom is 0.414 e. The van der Waals surface area contributed by atoms with Crippen molar-refractivity contribution in [2.24, 2.45) is 11.6 Å². The highest BCUT2D eigenvalue weighted by Gasteiger charge is 2.34. The number of cyclic esters (lactones) is 1. The summed E-state index contributed by atoms with van der Waals surface area (Å²) in [6, 6.07) is 1.87. The number of carbonyl (C=O) groups excluding carboxylic acids is 3. The summed E-state index contributed by atoms with van der Waals surface area (Å²) >= 11 is 0. The second-order valence-corrected chi connectivity index (χ2v) is 8.23. The lowest BCUT2D eigenvalue weighted by Gasteiger charge is -2.24. The number of alkyl halides is 2. The lowest BCUT2D eigenvalue weighted by molar-refractivity contribution is -0.180. The molecule has 3 rings (SSSR count). The van der Waals surface area contributed by atoms with Gasteiger partial charge in [0.05, 0.1) is 38.5 Å². The number of anilines is 2. The molecule has 1 aromatic rings. The van der Waals surface area contributed by atoms with Gasteiger partial charge in [-0.15, -0.1) is 0 Å². The molecular formula is C21H28F4N8O5. The highest BCUT2D eigenvalue weighted by Crippen LogP contribution is 2.31. The second kappa shape index (κ2) is 13.1. The highest BCUT2D eigenvalue weighted by molar-refractivity contribution is 5.90. The van der Waals surface area contributed by atoms with Crippen LogP contribution >= 0.6 is 0 Å². The number of benzene rings is 1. The van der Waals surface area contributed by atoms with Crippen LogP contribution in [0.1, 0.15) is 0 Å². The largest absolute Gasteiger partial charge is 0.442 e. The van der Waals surface area contributed by atoms with Gasteiger partial charge in [0.15, 0.2) is 11.6 Å². The first-order valence-corrected chi connectivity index (χ1v) is 11.4. The molecule has 0 bridgehead atoms. The zero-order valence-electron chi connectivity index (χ0n) is 20.1. The van der Waals surface area contributed by atoms with Gasteiger partial charge in [-0.3, -0.25) is 25.2 Å². The Morgan fingerprint density at radius 1 is 1.16 bits per heavy atom. The van der Waals surface area contributed by atoms with Crippen LogP contribution in [0.4, 0.5) is 33.7 Å². The van der Waals surface area contributed by atoms with Gasteiger partial charge in [0.25, 0.3) is 11.8 Å². The molecule has 17 heteroatoms. The molecule has 0 radical (unpaired) electrons. The number of nitrogens with one attached hydrogen (secondary N) is 3. The van der Waals surface area contributed by atoms with Crippen LogP contribution in [0, 0.1) is 11.6 Å². The monoisotopic (exact) mass is 548 g/mol. The Hall–Kier alpha value is -3.83. The van der Waals surface area contributed by atoms with Gasteiger partial charge in [0.2, 0.25) is 0 Å². The van der Waals surface area contributed by atoms with Crippen LogP contribution in [0.3, 0.4) is 0 Å². The maximum absolute atomic E-state index is 15.0.